The first kappa shape index (κ1) is 19.3. The number of ether oxygens (including phenoxy) is 1. The molecule has 0 unspecified atom stereocenters. The van der Waals surface area contributed by atoms with Gasteiger partial charge in [0.25, 0.3) is 0 Å². The first-order valence-corrected chi connectivity index (χ1v) is 11.0. The summed E-state index contributed by atoms with van der Waals surface area (Å²) >= 11 is 1.58. The fourth-order valence-corrected chi connectivity index (χ4v) is 4.17. The first-order valence-electron chi connectivity index (χ1n) is 9.97. The number of H-pyrrole nitrogens is 1. The first-order chi connectivity index (χ1) is 15.3. The second-order valence-corrected chi connectivity index (χ2v) is 7.74. The number of para-hydroxylation sites is 2. The number of pyridine rings is 1. The van der Waals surface area contributed by atoms with Crippen molar-refractivity contribution in [2.45, 2.75) is 17.8 Å². The van der Waals surface area contributed by atoms with Gasteiger partial charge < -0.3 is 9.72 Å². The molecule has 2 aromatic carbocycles. The number of aromatic nitrogens is 6. The third-order valence-corrected chi connectivity index (χ3v) is 5.68. The molecule has 31 heavy (non-hydrogen) atoms. The summed E-state index contributed by atoms with van der Waals surface area (Å²) in [5, 5.41) is 9.72. The van der Waals surface area contributed by atoms with E-state index in [-0.39, 0.29) is 0 Å². The Morgan fingerprint density at radius 2 is 1.87 bits per heavy atom. The number of nitrogens with zero attached hydrogens (tertiary/aromatic N) is 5. The summed E-state index contributed by atoms with van der Waals surface area (Å²) in [7, 11) is 0. The SMILES string of the molecule is CCOc1ccc(-n2c(SCc3nc4ccccc4[nH]3)nnc2-c2cccnc2)cc1. The maximum atomic E-state index is 5.59. The number of aromatic amines is 1. The molecule has 0 saturated heterocycles. The van der Waals surface area contributed by atoms with Crippen LogP contribution in [0.15, 0.2) is 78.2 Å². The molecule has 0 spiro atoms. The second kappa shape index (κ2) is 8.61. The lowest BCUT2D eigenvalue weighted by Crippen LogP contribution is -2.01. The van der Waals surface area contributed by atoms with Gasteiger partial charge in [0, 0.05) is 23.6 Å². The van der Waals surface area contributed by atoms with Crippen LogP contribution in [0.2, 0.25) is 0 Å². The number of rotatable bonds is 7. The molecule has 0 aliphatic carbocycles. The van der Waals surface area contributed by atoms with Gasteiger partial charge in [-0.3, -0.25) is 9.55 Å². The minimum absolute atomic E-state index is 0.630. The molecule has 8 heteroatoms. The van der Waals surface area contributed by atoms with Gasteiger partial charge in [-0.1, -0.05) is 23.9 Å². The predicted octanol–water partition coefficient (Wildman–Crippen LogP) is 4.90. The van der Waals surface area contributed by atoms with Crippen LogP contribution in [0.3, 0.4) is 0 Å². The topological polar surface area (TPSA) is 81.5 Å². The van der Waals surface area contributed by atoms with Gasteiger partial charge in [0.1, 0.15) is 11.6 Å². The number of thioether (sulfide) groups is 1. The Hall–Kier alpha value is -3.65. The standard InChI is InChI=1S/C23H20N6OS/c1-2-30-18-11-9-17(10-12-18)29-22(16-6-5-13-24-14-16)27-28-23(29)31-15-21-25-19-7-3-4-8-20(19)26-21/h3-14H,2,15H2,1H3,(H,25,26). The third-order valence-electron chi connectivity index (χ3n) is 4.74. The van der Waals surface area contributed by atoms with Crippen LogP contribution in [0.5, 0.6) is 5.75 Å². The van der Waals surface area contributed by atoms with Crippen molar-refractivity contribution < 1.29 is 4.74 Å². The molecule has 0 atom stereocenters. The van der Waals surface area contributed by atoms with E-state index in [4.69, 9.17) is 4.74 Å². The van der Waals surface area contributed by atoms with Gasteiger partial charge in [-0.25, -0.2) is 4.98 Å². The van der Waals surface area contributed by atoms with E-state index in [1.165, 1.54) is 0 Å². The lowest BCUT2D eigenvalue weighted by atomic mass is 10.2. The van der Waals surface area contributed by atoms with Gasteiger partial charge in [0.05, 0.1) is 23.4 Å². The molecule has 1 N–H and O–H groups in total. The van der Waals surface area contributed by atoms with Crippen molar-refractivity contribution in [3.8, 4) is 22.8 Å². The average Bonchev–Trinajstić information content (AvgIpc) is 3.43. The van der Waals surface area contributed by atoms with Crippen LogP contribution in [0.4, 0.5) is 0 Å². The molecule has 5 aromatic rings. The molecular formula is C23H20N6OS. The molecule has 0 aliphatic heterocycles. The Morgan fingerprint density at radius 3 is 2.65 bits per heavy atom. The average molecular weight is 429 g/mol. The number of imidazole rings is 1. The van der Waals surface area contributed by atoms with E-state index < -0.39 is 0 Å². The van der Waals surface area contributed by atoms with Gasteiger partial charge in [-0.05, 0) is 55.5 Å². The van der Waals surface area contributed by atoms with Crippen molar-refractivity contribution in [3.05, 3.63) is 78.9 Å². The monoisotopic (exact) mass is 428 g/mol. The Morgan fingerprint density at radius 1 is 1.00 bits per heavy atom. The molecule has 0 radical (unpaired) electrons. The van der Waals surface area contributed by atoms with Crippen LogP contribution in [-0.2, 0) is 5.75 Å². The molecule has 0 aliphatic rings. The lowest BCUT2D eigenvalue weighted by Gasteiger charge is -2.11. The van der Waals surface area contributed by atoms with Crippen LogP contribution in [0.1, 0.15) is 12.7 Å². The van der Waals surface area contributed by atoms with Gasteiger partial charge in [0.2, 0.25) is 0 Å². The van der Waals surface area contributed by atoms with Crippen molar-refractivity contribution in [2.75, 3.05) is 6.61 Å². The number of benzene rings is 2. The fourth-order valence-electron chi connectivity index (χ4n) is 3.34. The minimum atomic E-state index is 0.630. The summed E-state index contributed by atoms with van der Waals surface area (Å²) in [6.45, 7) is 2.60. The molecule has 0 amide bonds. The zero-order valence-corrected chi connectivity index (χ0v) is 17.7. The quantitative estimate of drug-likeness (QED) is 0.372. The normalized spacial score (nSPS) is 11.1. The largest absolute Gasteiger partial charge is 0.494 e. The number of hydrogen-bond donors (Lipinski definition) is 1. The van der Waals surface area contributed by atoms with Crippen molar-refractivity contribution in [1.82, 2.24) is 29.7 Å². The van der Waals surface area contributed by atoms with E-state index in [0.717, 1.165) is 44.8 Å². The second-order valence-electron chi connectivity index (χ2n) is 6.80. The van der Waals surface area contributed by atoms with E-state index in [9.17, 15) is 0 Å². The smallest absolute Gasteiger partial charge is 0.196 e. The summed E-state index contributed by atoms with van der Waals surface area (Å²) in [5.74, 6) is 3.12. The van der Waals surface area contributed by atoms with E-state index in [1.807, 2.05) is 72.2 Å². The number of hydrogen-bond acceptors (Lipinski definition) is 6. The molecule has 0 fully saturated rings. The summed E-state index contributed by atoms with van der Waals surface area (Å²) in [4.78, 5) is 12.3. The highest BCUT2D eigenvalue weighted by molar-refractivity contribution is 7.98. The molecule has 5 rings (SSSR count). The zero-order chi connectivity index (χ0) is 21.0. The van der Waals surface area contributed by atoms with Gasteiger partial charge in [-0.15, -0.1) is 10.2 Å². The van der Waals surface area contributed by atoms with Gasteiger partial charge in [-0.2, -0.15) is 0 Å². The Bertz CT molecular complexity index is 1260. The zero-order valence-electron chi connectivity index (χ0n) is 16.9. The van der Waals surface area contributed by atoms with E-state index in [1.54, 1.807) is 24.2 Å². The molecule has 0 bridgehead atoms. The van der Waals surface area contributed by atoms with Crippen LogP contribution >= 0.6 is 11.8 Å². The summed E-state index contributed by atoms with van der Waals surface area (Å²) in [6, 6.07) is 19.8. The fraction of sp³-hybridized carbons (Fsp3) is 0.130. The summed E-state index contributed by atoms with van der Waals surface area (Å²) < 4.78 is 7.63. The van der Waals surface area contributed by atoms with Crippen molar-refractivity contribution in [2.24, 2.45) is 0 Å². The maximum absolute atomic E-state index is 5.59. The Labute approximate surface area is 183 Å². The van der Waals surface area contributed by atoms with Crippen molar-refractivity contribution >= 4 is 22.8 Å². The van der Waals surface area contributed by atoms with Gasteiger partial charge in [0.15, 0.2) is 11.0 Å². The Kier molecular flexibility index (Phi) is 5.37. The van der Waals surface area contributed by atoms with E-state index >= 15 is 0 Å². The maximum Gasteiger partial charge on any atom is 0.196 e. The molecule has 0 saturated carbocycles. The predicted molar refractivity (Wildman–Crippen MR) is 121 cm³/mol. The van der Waals surface area contributed by atoms with Crippen LogP contribution in [-0.4, -0.2) is 36.3 Å². The summed E-state index contributed by atoms with van der Waals surface area (Å²) in [6.07, 6.45) is 3.54. The van der Waals surface area contributed by atoms with E-state index in [0.29, 0.717) is 12.4 Å². The highest BCUT2D eigenvalue weighted by Crippen LogP contribution is 2.30. The molecule has 7 nitrogen and oxygen atoms in total. The lowest BCUT2D eigenvalue weighted by molar-refractivity contribution is 0.340. The highest BCUT2D eigenvalue weighted by Gasteiger charge is 2.17. The molecule has 154 valence electrons. The molecule has 3 heterocycles. The van der Waals surface area contributed by atoms with Crippen molar-refractivity contribution in [3.63, 3.8) is 0 Å². The van der Waals surface area contributed by atoms with Crippen molar-refractivity contribution in [1.29, 1.82) is 0 Å². The Balaban J connectivity index is 1.49. The minimum Gasteiger partial charge on any atom is -0.494 e. The van der Waals surface area contributed by atoms with Crippen LogP contribution in [0.25, 0.3) is 28.1 Å². The number of nitrogens with one attached hydrogen (secondary N) is 1. The summed E-state index contributed by atoms with van der Waals surface area (Å²) in [5.41, 5.74) is 3.85. The van der Waals surface area contributed by atoms with Gasteiger partial charge >= 0.3 is 0 Å². The number of fused-ring (bicyclic) bond motifs is 1. The molecule has 3 aromatic heterocycles. The highest BCUT2D eigenvalue weighted by atomic mass is 32.2. The third kappa shape index (κ3) is 4.02. The van der Waals surface area contributed by atoms with Crippen LogP contribution < -0.4 is 4.74 Å². The van der Waals surface area contributed by atoms with Crippen LogP contribution in [0, 0.1) is 0 Å². The molecular weight excluding hydrogens is 408 g/mol. The van der Waals surface area contributed by atoms with E-state index in [2.05, 4.69) is 25.1 Å².